The number of hydrogen-bond donors (Lipinski definition) is 2. The lowest BCUT2D eigenvalue weighted by Crippen LogP contribution is -2.13. The number of aliphatic hydroxyl groups is 1. The Morgan fingerprint density at radius 2 is 2.06 bits per heavy atom. The first-order valence-electron chi connectivity index (χ1n) is 5.59. The summed E-state index contributed by atoms with van der Waals surface area (Å²) in [5, 5.41) is 18.7. The zero-order chi connectivity index (χ0) is 13.7. The first-order valence-corrected chi connectivity index (χ1v) is 6.72. The van der Waals surface area contributed by atoms with Crippen molar-refractivity contribution in [2.75, 3.05) is 5.33 Å². The standard InChI is InChI=1S/C13H15BrO4/c1-2-9-4-3-8(5-10(15)7-14)6-11(9)12(16)13(17)18/h3-4,6,12,16H,2,5,7H2,1H3,(H,17,18). The van der Waals surface area contributed by atoms with Gasteiger partial charge in [-0.25, -0.2) is 4.79 Å². The summed E-state index contributed by atoms with van der Waals surface area (Å²) in [6.07, 6.45) is -0.681. The first kappa shape index (κ1) is 14.9. The number of aryl methyl sites for hydroxylation is 1. The number of aliphatic carboxylic acids is 1. The van der Waals surface area contributed by atoms with Gasteiger partial charge in [-0.2, -0.15) is 0 Å². The minimum atomic E-state index is -1.54. The van der Waals surface area contributed by atoms with Crippen LogP contribution >= 0.6 is 15.9 Å². The van der Waals surface area contributed by atoms with Crippen molar-refractivity contribution in [2.24, 2.45) is 0 Å². The quantitative estimate of drug-likeness (QED) is 0.786. The molecule has 0 bridgehead atoms. The number of carboxylic acid groups (broad SMARTS) is 1. The highest BCUT2D eigenvalue weighted by atomic mass is 79.9. The topological polar surface area (TPSA) is 74.6 Å². The van der Waals surface area contributed by atoms with E-state index < -0.39 is 12.1 Å². The number of aliphatic hydroxyl groups excluding tert-OH is 1. The van der Waals surface area contributed by atoms with E-state index in [0.717, 1.165) is 5.56 Å². The number of carbonyl (C=O) groups excluding carboxylic acids is 1. The number of ketones is 1. The zero-order valence-corrected chi connectivity index (χ0v) is 11.6. The molecule has 0 saturated heterocycles. The monoisotopic (exact) mass is 314 g/mol. The van der Waals surface area contributed by atoms with Crippen molar-refractivity contribution in [3.63, 3.8) is 0 Å². The molecule has 0 aliphatic heterocycles. The van der Waals surface area contributed by atoms with E-state index in [1.54, 1.807) is 18.2 Å². The van der Waals surface area contributed by atoms with Crippen molar-refractivity contribution >= 4 is 27.7 Å². The Labute approximate surface area is 114 Å². The predicted octanol–water partition coefficient (Wildman–Crippen LogP) is 1.87. The third-order valence-corrected chi connectivity index (χ3v) is 3.30. The third kappa shape index (κ3) is 3.65. The van der Waals surface area contributed by atoms with Crippen molar-refractivity contribution in [1.82, 2.24) is 0 Å². The second-order valence-corrected chi connectivity index (χ2v) is 4.54. The molecule has 1 aromatic rings. The van der Waals surface area contributed by atoms with Gasteiger partial charge in [0.05, 0.1) is 5.33 Å². The van der Waals surface area contributed by atoms with Crippen LogP contribution in [0.4, 0.5) is 0 Å². The first-order chi connectivity index (χ1) is 8.49. The van der Waals surface area contributed by atoms with Crippen LogP contribution < -0.4 is 0 Å². The van der Waals surface area contributed by atoms with Gasteiger partial charge < -0.3 is 10.2 Å². The predicted molar refractivity (Wildman–Crippen MR) is 70.9 cm³/mol. The molecule has 18 heavy (non-hydrogen) atoms. The molecule has 1 unspecified atom stereocenters. The fourth-order valence-corrected chi connectivity index (χ4v) is 1.94. The second kappa shape index (κ2) is 6.66. The fraction of sp³-hybridized carbons (Fsp3) is 0.385. The van der Waals surface area contributed by atoms with Gasteiger partial charge in [0.2, 0.25) is 0 Å². The van der Waals surface area contributed by atoms with Gasteiger partial charge in [0.15, 0.2) is 6.10 Å². The van der Waals surface area contributed by atoms with Gasteiger partial charge in [0, 0.05) is 6.42 Å². The highest BCUT2D eigenvalue weighted by molar-refractivity contribution is 9.09. The largest absolute Gasteiger partial charge is 0.479 e. The van der Waals surface area contributed by atoms with Gasteiger partial charge in [-0.1, -0.05) is 41.1 Å². The molecule has 1 atom stereocenters. The Kier molecular flexibility index (Phi) is 5.50. The van der Waals surface area contributed by atoms with Crippen molar-refractivity contribution in [1.29, 1.82) is 0 Å². The zero-order valence-electron chi connectivity index (χ0n) is 10.0. The average Bonchev–Trinajstić information content (AvgIpc) is 2.37. The van der Waals surface area contributed by atoms with Gasteiger partial charge in [0.1, 0.15) is 5.78 Å². The van der Waals surface area contributed by atoms with Crippen molar-refractivity contribution < 1.29 is 19.8 Å². The molecular formula is C13H15BrO4. The van der Waals surface area contributed by atoms with Crippen LogP contribution in [0.25, 0.3) is 0 Å². The summed E-state index contributed by atoms with van der Waals surface area (Å²) in [4.78, 5) is 22.2. The van der Waals surface area contributed by atoms with Crippen molar-refractivity contribution in [3.8, 4) is 0 Å². The maximum Gasteiger partial charge on any atom is 0.337 e. The Hall–Kier alpha value is -1.20. The van der Waals surface area contributed by atoms with Crippen LogP contribution in [-0.2, 0) is 22.4 Å². The molecule has 0 amide bonds. The van der Waals surface area contributed by atoms with Crippen LogP contribution in [0.15, 0.2) is 18.2 Å². The minimum Gasteiger partial charge on any atom is -0.479 e. The van der Waals surface area contributed by atoms with E-state index in [-0.39, 0.29) is 17.5 Å². The van der Waals surface area contributed by atoms with Gasteiger partial charge in [-0.05, 0) is 23.1 Å². The summed E-state index contributed by atoms with van der Waals surface area (Å²) < 4.78 is 0. The molecular weight excluding hydrogens is 300 g/mol. The van der Waals surface area contributed by atoms with Crippen molar-refractivity contribution in [2.45, 2.75) is 25.9 Å². The molecule has 0 spiro atoms. The summed E-state index contributed by atoms with van der Waals surface area (Å²) in [7, 11) is 0. The van der Waals surface area contributed by atoms with Crippen LogP contribution in [0.5, 0.6) is 0 Å². The normalized spacial score (nSPS) is 12.2. The lowest BCUT2D eigenvalue weighted by atomic mass is 9.96. The van der Waals surface area contributed by atoms with E-state index in [4.69, 9.17) is 5.11 Å². The van der Waals surface area contributed by atoms with Crippen LogP contribution in [0, 0.1) is 0 Å². The Bertz CT molecular complexity index is 456. The highest BCUT2D eigenvalue weighted by Gasteiger charge is 2.19. The molecule has 0 aliphatic rings. The molecule has 0 radical (unpaired) electrons. The molecule has 0 heterocycles. The molecule has 0 saturated carbocycles. The van der Waals surface area contributed by atoms with E-state index in [0.29, 0.717) is 17.5 Å². The number of Topliss-reactive ketones (excluding diaryl/α,β-unsaturated/α-hetero) is 1. The number of benzene rings is 1. The Morgan fingerprint density at radius 3 is 2.56 bits per heavy atom. The van der Waals surface area contributed by atoms with Gasteiger partial charge >= 0.3 is 5.97 Å². The molecule has 0 aliphatic carbocycles. The molecule has 98 valence electrons. The highest BCUT2D eigenvalue weighted by Crippen LogP contribution is 2.21. The SMILES string of the molecule is CCc1ccc(CC(=O)CBr)cc1C(O)C(=O)O. The molecule has 4 nitrogen and oxygen atoms in total. The third-order valence-electron chi connectivity index (χ3n) is 2.67. The minimum absolute atomic E-state index is 0.00927. The summed E-state index contributed by atoms with van der Waals surface area (Å²) in [6.45, 7) is 1.89. The molecule has 1 rings (SSSR count). The van der Waals surface area contributed by atoms with Crippen LogP contribution in [0.3, 0.4) is 0 Å². The maximum absolute atomic E-state index is 11.3. The number of alkyl halides is 1. The summed E-state index contributed by atoms with van der Waals surface area (Å²) >= 11 is 3.08. The van der Waals surface area contributed by atoms with E-state index in [1.807, 2.05) is 6.92 Å². The number of carbonyl (C=O) groups is 2. The number of halogens is 1. The number of carboxylic acids is 1. The van der Waals surface area contributed by atoms with Gasteiger partial charge in [-0.3, -0.25) is 4.79 Å². The van der Waals surface area contributed by atoms with Crippen LogP contribution in [0.2, 0.25) is 0 Å². The Morgan fingerprint density at radius 1 is 1.39 bits per heavy atom. The van der Waals surface area contributed by atoms with Gasteiger partial charge in [0.25, 0.3) is 0 Å². The maximum atomic E-state index is 11.3. The Balaban J connectivity index is 3.09. The van der Waals surface area contributed by atoms with E-state index in [9.17, 15) is 14.7 Å². The summed E-state index contributed by atoms with van der Waals surface area (Å²) in [5.74, 6) is -1.27. The lowest BCUT2D eigenvalue weighted by Gasteiger charge is -2.13. The molecule has 2 N–H and O–H groups in total. The van der Waals surface area contributed by atoms with E-state index in [1.165, 1.54) is 0 Å². The smallest absolute Gasteiger partial charge is 0.337 e. The molecule has 1 aromatic carbocycles. The van der Waals surface area contributed by atoms with E-state index >= 15 is 0 Å². The van der Waals surface area contributed by atoms with Crippen LogP contribution in [-0.4, -0.2) is 27.3 Å². The van der Waals surface area contributed by atoms with Crippen LogP contribution in [0.1, 0.15) is 29.7 Å². The fourth-order valence-electron chi connectivity index (χ4n) is 1.74. The number of rotatable bonds is 6. The molecule has 5 heteroatoms. The van der Waals surface area contributed by atoms with Gasteiger partial charge in [-0.15, -0.1) is 0 Å². The van der Waals surface area contributed by atoms with Crippen molar-refractivity contribution in [3.05, 3.63) is 34.9 Å². The second-order valence-electron chi connectivity index (χ2n) is 3.98. The van der Waals surface area contributed by atoms with E-state index in [2.05, 4.69) is 15.9 Å². The molecule has 0 fully saturated rings. The molecule has 0 aromatic heterocycles. The average molecular weight is 315 g/mol. The lowest BCUT2D eigenvalue weighted by molar-refractivity contribution is -0.147. The number of hydrogen-bond acceptors (Lipinski definition) is 3. The summed E-state index contributed by atoms with van der Waals surface area (Å²) in [5.41, 5.74) is 1.86. The summed E-state index contributed by atoms with van der Waals surface area (Å²) in [6, 6.07) is 5.15.